The molecule has 0 atom stereocenters. The molecule has 0 bridgehead atoms. The molecule has 0 radical (unpaired) electrons. The van der Waals surface area contributed by atoms with Crippen molar-refractivity contribution in [2.75, 3.05) is 0 Å². The van der Waals surface area contributed by atoms with E-state index in [0.717, 1.165) is 24.3 Å². The first-order valence-electron chi connectivity index (χ1n) is 14.7. The summed E-state index contributed by atoms with van der Waals surface area (Å²) in [4.78, 5) is 0. The van der Waals surface area contributed by atoms with Crippen LogP contribution in [0.2, 0.25) is 8.45 Å². The monoisotopic (exact) mass is 894 g/mol. The molecule has 0 spiro atoms. The second-order valence-electron chi connectivity index (χ2n) is 11.2. The SMILES string of the molecule is Fc1c(F)c(F)[c]([Ti]([c]2c(F)c(F)c(F)c(F)c2F)[CH]2C=CC=C2)c(F)c1F.Fc1c(F)c(F)[c]([Ti]([c]2c(F)c(F)c(F)c(F)c2F)[CH]2C=CC=C2)c(F)c1F. The number of hydrogen-bond donors (Lipinski definition) is 0. The average Bonchev–Trinajstić information content (AvgIpc) is 3.93. The number of benzene rings is 4. The van der Waals surface area contributed by atoms with E-state index in [-0.39, 0.29) is 0 Å². The van der Waals surface area contributed by atoms with Crippen molar-refractivity contribution in [2.45, 2.75) is 8.45 Å². The number of hydrogen-bond acceptors (Lipinski definition) is 0. The molecule has 6 rings (SSSR count). The first kappa shape index (κ1) is 43.0. The van der Waals surface area contributed by atoms with Gasteiger partial charge in [-0.2, -0.15) is 0 Å². The second kappa shape index (κ2) is 16.4. The van der Waals surface area contributed by atoms with Gasteiger partial charge in [-0.05, 0) is 0 Å². The van der Waals surface area contributed by atoms with Crippen LogP contribution in [0.1, 0.15) is 0 Å². The molecular formula is C34H10F20Ti2. The van der Waals surface area contributed by atoms with Crippen LogP contribution in [0.25, 0.3) is 0 Å². The first-order chi connectivity index (χ1) is 26.2. The van der Waals surface area contributed by atoms with Gasteiger partial charge in [-0.3, -0.25) is 0 Å². The van der Waals surface area contributed by atoms with Crippen LogP contribution in [-0.2, 0) is 35.7 Å². The van der Waals surface area contributed by atoms with Gasteiger partial charge in [-0.15, -0.1) is 0 Å². The molecule has 0 nitrogen and oxygen atoms in total. The maximum absolute atomic E-state index is 14.3. The Bertz CT molecular complexity index is 1970. The van der Waals surface area contributed by atoms with Crippen molar-refractivity contribution in [3.63, 3.8) is 0 Å². The molecule has 4 aromatic rings. The molecule has 0 saturated heterocycles. The normalized spacial score (nSPS) is 13.6. The van der Waals surface area contributed by atoms with Gasteiger partial charge >= 0.3 is 312 Å². The number of allylic oxidation sites excluding steroid dienone is 8. The van der Waals surface area contributed by atoms with E-state index < -0.39 is 176 Å². The van der Waals surface area contributed by atoms with E-state index in [4.69, 9.17) is 0 Å². The number of rotatable bonds is 6. The van der Waals surface area contributed by atoms with Gasteiger partial charge in [0, 0.05) is 0 Å². The third kappa shape index (κ3) is 7.06. The predicted molar refractivity (Wildman–Crippen MR) is 148 cm³/mol. The van der Waals surface area contributed by atoms with Crippen LogP contribution in [-0.4, -0.2) is 0 Å². The van der Waals surface area contributed by atoms with Gasteiger partial charge in [0.25, 0.3) is 0 Å². The fourth-order valence-corrected chi connectivity index (χ4v) is 14.6. The summed E-state index contributed by atoms with van der Waals surface area (Å²) in [6.07, 6.45) is 9.45. The fraction of sp³-hybridized carbons (Fsp3) is 0.0588. The Kier molecular flexibility index (Phi) is 12.6. The van der Waals surface area contributed by atoms with Crippen LogP contribution in [0, 0.1) is 116 Å². The Morgan fingerprint density at radius 1 is 0.214 bits per heavy atom. The molecule has 2 aliphatic carbocycles. The van der Waals surface area contributed by atoms with Crippen molar-refractivity contribution in [1.29, 1.82) is 0 Å². The minimum absolute atomic E-state index is 1.12. The van der Waals surface area contributed by atoms with Crippen LogP contribution in [0.3, 0.4) is 0 Å². The zero-order valence-corrected chi connectivity index (χ0v) is 29.5. The molecule has 0 aromatic heterocycles. The van der Waals surface area contributed by atoms with Crippen LogP contribution < -0.4 is 15.5 Å². The van der Waals surface area contributed by atoms with Crippen LogP contribution >= 0.6 is 0 Å². The van der Waals surface area contributed by atoms with E-state index in [0.29, 0.717) is 0 Å². The van der Waals surface area contributed by atoms with Crippen molar-refractivity contribution in [1.82, 2.24) is 0 Å². The molecule has 22 heteroatoms. The van der Waals surface area contributed by atoms with Gasteiger partial charge in [-0.25, -0.2) is 0 Å². The zero-order valence-electron chi connectivity index (χ0n) is 26.3. The summed E-state index contributed by atoms with van der Waals surface area (Å²) in [5.74, 6) is -48.0. The summed E-state index contributed by atoms with van der Waals surface area (Å²) in [7, 11) is 0. The molecule has 294 valence electrons. The standard InChI is InChI=1S/4C6F5.2C5H5.2Ti/c4*7-2-1-3(8)5(10)6(11)4(2)9;2*1-2-4-5-3-1;;/h;;;;2*1-5H;;. The quantitative estimate of drug-likeness (QED) is 0.0785. The maximum atomic E-state index is 14.3. The minimum atomic E-state index is -4.65. The third-order valence-electron chi connectivity index (χ3n) is 8.08. The molecule has 0 saturated carbocycles. The zero-order chi connectivity index (χ0) is 41.8. The summed E-state index contributed by atoms with van der Waals surface area (Å²) < 4.78 is 268. The second-order valence-corrected chi connectivity index (χ2v) is 19.0. The summed E-state index contributed by atoms with van der Waals surface area (Å²) in [5, 5.41) is 0. The first-order valence-corrected chi connectivity index (χ1v) is 19.6. The van der Waals surface area contributed by atoms with Crippen molar-refractivity contribution in [3.8, 4) is 0 Å². The van der Waals surface area contributed by atoms with E-state index >= 15 is 0 Å². The van der Waals surface area contributed by atoms with Crippen molar-refractivity contribution >= 4 is 15.5 Å². The van der Waals surface area contributed by atoms with E-state index in [2.05, 4.69) is 0 Å². The van der Waals surface area contributed by atoms with E-state index in [1.807, 2.05) is 0 Å². The van der Waals surface area contributed by atoms with Crippen molar-refractivity contribution in [2.24, 2.45) is 0 Å². The topological polar surface area (TPSA) is 0 Å². The van der Waals surface area contributed by atoms with Gasteiger partial charge in [0.15, 0.2) is 0 Å². The van der Waals surface area contributed by atoms with Crippen LogP contribution in [0.5, 0.6) is 0 Å². The Morgan fingerprint density at radius 2 is 0.339 bits per heavy atom. The van der Waals surface area contributed by atoms with Crippen molar-refractivity contribution < 1.29 is 124 Å². The third-order valence-corrected chi connectivity index (χ3v) is 17.5. The molecule has 4 aromatic carbocycles. The Balaban J connectivity index is 0.000000214. The molecule has 2 aliphatic rings. The average molecular weight is 894 g/mol. The molecule has 0 unspecified atom stereocenters. The van der Waals surface area contributed by atoms with Crippen LogP contribution in [0.4, 0.5) is 87.8 Å². The molecular weight excluding hydrogens is 884 g/mol. The number of halogens is 20. The molecule has 0 amide bonds. The van der Waals surface area contributed by atoms with Crippen molar-refractivity contribution in [3.05, 3.63) is 165 Å². The molecule has 0 aliphatic heterocycles. The van der Waals surface area contributed by atoms with E-state index in [9.17, 15) is 87.8 Å². The molecule has 56 heavy (non-hydrogen) atoms. The Hall–Kier alpha value is -4.13. The summed E-state index contributed by atoms with van der Waals surface area (Å²) >= 11 is -9.30. The summed E-state index contributed by atoms with van der Waals surface area (Å²) in [6, 6.07) is 0. The molecule has 0 fully saturated rings. The molecule has 0 heterocycles. The van der Waals surface area contributed by atoms with Crippen LogP contribution in [0.15, 0.2) is 48.6 Å². The Morgan fingerprint density at radius 3 is 0.482 bits per heavy atom. The van der Waals surface area contributed by atoms with Gasteiger partial charge < -0.3 is 0 Å². The van der Waals surface area contributed by atoms with E-state index in [1.165, 1.54) is 24.3 Å². The fourth-order valence-electron chi connectivity index (χ4n) is 5.53. The van der Waals surface area contributed by atoms with Gasteiger partial charge in [0.2, 0.25) is 0 Å². The van der Waals surface area contributed by atoms with E-state index in [1.54, 1.807) is 0 Å². The Labute approximate surface area is 311 Å². The summed E-state index contributed by atoms with van der Waals surface area (Å²) in [6.45, 7) is 0. The summed E-state index contributed by atoms with van der Waals surface area (Å²) in [5.41, 5.74) is 0. The molecule has 0 N–H and O–H groups in total. The van der Waals surface area contributed by atoms with Gasteiger partial charge in [-0.1, -0.05) is 0 Å². The van der Waals surface area contributed by atoms with Gasteiger partial charge in [0.05, 0.1) is 0 Å². The van der Waals surface area contributed by atoms with Gasteiger partial charge in [0.1, 0.15) is 0 Å². The predicted octanol–water partition coefficient (Wildman–Crippen LogP) is 9.12.